The Labute approximate surface area is 105 Å². The van der Waals surface area contributed by atoms with Crippen molar-refractivity contribution in [3.05, 3.63) is 22.2 Å². The van der Waals surface area contributed by atoms with E-state index in [1.54, 1.807) is 12.1 Å². The molecule has 0 fully saturated rings. The number of nitrogens with one attached hydrogen (secondary N) is 1. The van der Waals surface area contributed by atoms with Crippen LogP contribution in [0.3, 0.4) is 0 Å². The third-order valence-electron chi connectivity index (χ3n) is 2.13. The first-order valence-electron chi connectivity index (χ1n) is 4.47. The largest absolute Gasteiger partial charge is 0.465 e. The molecule has 0 amide bonds. The fourth-order valence-corrected chi connectivity index (χ4v) is 2.33. The maximum atomic E-state index is 11.4. The molecular formula is C10H9BrN2O2S. The molecule has 1 aromatic carbocycles. The van der Waals surface area contributed by atoms with Crippen molar-refractivity contribution in [1.82, 2.24) is 9.97 Å². The summed E-state index contributed by atoms with van der Waals surface area (Å²) in [5.41, 5.74) is 2.13. The molecule has 0 aliphatic heterocycles. The van der Waals surface area contributed by atoms with E-state index in [1.807, 2.05) is 6.26 Å². The first-order chi connectivity index (χ1) is 7.65. The number of hydrogen-bond donors (Lipinski definition) is 1. The summed E-state index contributed by atoms with van der Waals surface area (Å²) in [5, 5.41) is 0.817. The average Bonchev–Trinajstić information content (AvgIpc) is 2.71. The number of ether oxygens (including phenoxy) is 1. The van der Waals surface area contributed by atoms with Gasteiger partial charge in [0.05, 0.1) is 18.2 Å². The highest BCUT2D eigenvalue weighted by Crippen LogP contribution is 2.26. The van der Waals surface area contributed by atoms with E-state index < -0.39 is 0 Å². The zero-order valence-electron chi connectivity index (χ0n) is 8.70. The van der Waals surface area contributed by atoms with E-state index in [4.69, 9.17) is 0 Å². The smallest absolute Gasteiger partial charge is 0.337 e. The average molecular weight is 301 g/mol. The van der Waals surface area contributed by atoms with Gasteiger partial charge in [0.25, 0.3) is 0 Å². The van der Waals surface area contributed by atoms with Gasteiger partial charge < -0.3 is 9.72 Å². The Balaban J connectivity index is 2.61. The molecule has 0 aliphatic rings. The Morgan fingerprint density at radius 2 is 2.31 bits per heavy atom. The molecule has 1 aromatic heterocycles. The number of esters is 1. The number of aromatic nitrogens is 2. The van der Waals surface area contributed by atoms with Gasteiger partial charge in [0.1, 0.15) is 5.52 Å². The summed E-state index contributed by atoms with van der Waals surface area (Å²) in [7, 11) is 1.36. The van der Waals surface area contributed by atoms with Gasteiger partial charge in [-0.1, -0.05) is 11.8 Å². The highest BCUT2D eigenvalue weighted by Gasteiger charge is 2.12. The second-order valence-electron chi connectivity index (χ2n) is 3.09. The lowest BCUT2D eigenvalue weighted by molar-refractivity contribution is 0.0601. The zero-order chi connectivity index (χ0) is 11.7. The number of thioether (sulfide) groups is 1. The fraction of sp³-hybridized carbons (Fsp3) is 0.200. The summed E-state index contributed by atoms with van der Waals surface area (Å²) in [5.74, 6) is -0.358. The van der Waals surface area contributed by atoms with Gasteiger partial charge in [-0.25, -0.2) is 9.78 Å². The van der Waals surface area contributed by atoms with Gasteiger partial charge in [0, 0.05) is 4.47 Å². The number of H-pyrrole nitrogens is 1. The van der Waals surface area contributed by atoms with Crippen molar-refractivity contribution < 1.29 is 9.53 Å². The van der Waals surface area contributed by atoms with Crippen LogP contribution in [0.2, 0.25) is 0 Å². The van der Waals surface area contributed by atoms with Crippen molar-refractivity contribution in [2.75, 3.05) is 13.4 Å². The number of fused-ring (bicyclic) bond motifs is 1. The van der Waals surface area contributed by atoms with E-state index in [2.05, 4.69) is 30.6 Å². The van der Waals surface area contributed by atoms with Crippen molar-refractivity contribution >= 4 is 44.7 Å². The molecule has 4 nitrogen and oxygen atoms in total. The van der Waals surface area contributed by atoms with E-state index in [0.29, 0.717) is 5.56 Å². The summed E-state index contributed by atoms with van der Waals surface area (Å²) in [6.07, 6.45) is 1.94. The molecule has 0 spiro atoms. The molecule has 2 aromatic rings. The lowest BCUT2D eigenvalue weighted by atomic mass is 10.2. The highest BCUT2D eigenvalue weighted by atomic mass is 79.9. The molecule has 16 heavy (non-hydrogen) atoms. The Morgan fingerprint density at radius 3 is 2.94 bits per heavy atom. The molecule has 1 heterocycles. The van der Waals surface area contributed by atoms with Crippen LogP contribution in [0.1, 0.15) is 10.4 Å². The van der Waals surface area contributed by atoms with E-state index in [1.165, 1.54) is 18.9 Å². The molecule has 84 valence electrons. The number of benzene rings is 1. The van der Waals surface area contributed by atoms with Crippen LogP contribution >= 0.6 is 27.7 Å². The maximum Gasteiger partial charge on any atom is 0.337 e. The monoisotopic (exact) mass is 300 g/mol. The van der Waals surface area contributed by atoms with Crippen molar-refractivity contribution in [3.8, 4) is 0 Å². The maximum absolute atomic E-state index is 11.4. The van der Waals surface area contributed by atoms with Crippen molar-refractivity contribution in [1.29, 1.82) is 0 Å². The Bertz CT molecular complexity index is 553. The summed E-state index contributed by atoms with van der Waals surface area (Å²) in [6, 6.07) is 3.44. The minimum atomic E-state index is -0.358. The molecule has 0 saturated carbocycles. The topological polar surface area (TPSA) is 55.0 Å². The predicted molar refractivity (Wildman–Crippen MR) is 66.9 cm³/mol. The van der Waals surface area contributed by atoms with E-state index >= 15 is 0 Å². The molecule has 0 aliphatic carbocycles. The number of rotatable bonds is 2. The molecule has 0 saturated heterocycles. The number of carbonyl (C=O) groups is 1. The third-order valence-corrected chi connectivity index (χ3v) is 3.32. The number of nitrogens with zero attached hydrogens (tertiary/aromatic N) is 1. The third kappa shape index (κ3) is 1.94. The van der Waals surface area contributed by atoms with E-state index in [-0.39, 0.29) is 5.97 Å². The predicted octanol–water partition coefficient (Wildman–Crippen LogP) is 2.83. The molecule has 2 rings (SSSR count). The SMILES string of the molecule is COC(=O)c1cc(Br)c2nc(SC)[nH]c2c1. The molecule has 0 unspecified atom stereocenters. The summed E-state index contributed by atoms with van der Waals surface area (Å²) in [6.45, 7) is 0. The van der Waals surface area contributed by atoms with Crippen molar-refractivity contribution in [2.45, 2.75) is 5.16 Å². The molecular weight excluding hydrogens is 292 g/mol. The zero-order valence-corrected chi connectivity index (χ0v) is 11.1. The van der Waals surface area contributed by atoms with Crippen LogP contribution in [0.15, 0.2) is 21.8 Å². The van der Waals surface area contributed by atoms with E-state index in [9.17, 15) is 4.79 Å². The van der Waals surface area contributed by atoms with Gasteiger partial charge in [-0.2, -0.15) is 0 Å². The minimum absolute atomic E-state index is 0.358. The number of halogens is 1. The number of carbonyl (C=O) groups excluding carboxylic acids is 1. The number of aromatic amines is 1. The number of imidazole rings is 1. The normalized spacial score (nSPS) is 10.7. The fourth-order valence-electron chi connectivity index (χ4n) is 1.39. The first kappa shape index (κ1) is 11.5. The van der Waals surface area contributed by atoms with Gasteiger partial charge in [0.2, 0.25) is 0 Å². The quantitative estimate of drug-likeness (QED) is 0.684. The molecule has 6 heteroatoms. The summed E-state index contributed by atoms with van der Waals surface area (Å²) >= 11 is 4.91. The molecule has 0 bridgehead atoms. The second kappa shape index (κ2) is 4.47. The number of hydrogen-bond acceptors (Lipinski definition) is 4. The number of methoxy groups -OCH3 is 1. The minimum Gasteiger partial charge on any atom is -0.465 e. The van der Waals surface area contributed by atoms with Crippen molar-refractivity contribution in [2.24, 2.45) is 0 Å². The Kier molecular flexibility index (Phi) is 3.20. The van der Waals surface area contributed by atoms with Gasteiger partial charge >= 0.3 is 5.97 Å². The molecule has 0 radical (unpaired) electrons. The Hall–Kier alpha value is -1.01. The second-order valence-corrected chi connectivity index (χ2v) is 4.74. The Morgan fingerprint density at radius 1 is 1.56 bits per heavy atom. The summed E-state index contributed by atoms with van der Waals surface area (Å²) < 4.78 is 5.45. The van der Waals surface area contributed by atoms with Crippen LogP contribution in [0.5, 0.6) is 0 Å². The van der Waals surface area contributed by atoms with E-state index in [0.717, 1.165) is 20.7 Å². The molecule has 1 N–H and O–H groups in total. The van der Waals surface area contributed by atoms with Crippen LogP contribution in [0.4, 0.5) is 0 Å². The lowest BCUT2D eigenvalue weighted by Gasteiger charge is -2.00. The highest BCUT2D eigenvalue weighted by molar-refractivity contribution is 9.10. The van der Waals surface area contributed by atoms with Crippen LogP contribution < -0.4 is 0 Å². The first-order valence-corrected chi connectivity index (χ1v) is 6.49. The van der Waals surface area contributed by atoms with Crippen LogP contribution in [-0.4, -0.2) is 29.3 Å². The molecule has 0 atom stereocenters. The van der Waals surface area contributed by atoms with Gasteiger partial charge in [-0.3, -0.25) is 0 Å². The van der Waals surface area contributed by atoms with Gasteiger partial charge in [-0.15, -0.1) is 0 Å². The summed E-state index contributed by atoms with van der Waals surface area (Å²) in [4.78, 5) is 18.9. The van der Waals surface area contributed by atoms with Crippen LogP contribution in [0, 0.1) is 0 Å². The van der Waals surface area contributed by atoms with Crippen LogP contribution in [0.25, 0.3) is 11.0 Å². The van der Waals surface area contributed by atoms with Gasteiger partial charge in [0.15, 0.2) is 5.16 Å². The standard InChI is InChI=1S/C10H9BrN2O2S/c1-15-9(14)5-3-6(11)8-7(4-5)12-10(13-8)16-2/h3-4H,1-2H3,(H,12,13). The van der Waals surface area contributed by atoms with Crippen LogP contribution in [-0.2, 0) is 4.74 Å². The van der Waals surface area contributed by atoms with Crippen molar-refractivity contribution in [3.63, 3.8) is 0 Å². The van der Waals surface area contributed by atoms with Gasteiger partial charge in [-0.05, 0) is 34.3 Å². The lowest BCUT2D eigenvalue weighted by Crippen LogP contribution is -2.00.